The lowest BCUT2D eigenvalue weighted by Crippen LogP contribution is -2.45. The first-order valence-electron chi connectivity index (χ1n) is 11.5. The normalized spacial score (nSPS) is 18.1. The molecular formula is C24H25F4N5O3S2. The Hall–Kier alpha value is -3.15. The van der Waals surface area contributed by atoms with Crippen LogP contribution in [-0.4, -0.2) is 68.8 Å². The van der Waals surface area contributed by atoms with E-state index in [1.807, 2.05) is 0 Å². The van der Waals surface area contributed by atoms with Crippen molar-refractivity contribution in [3.8, 4) is 17.6 Å². The number of benzene rings is 1. The van der Waals surface area contributed by atoms with E-state index in [2.05, 4.69) is 32.9 Å². The number of hydrogen-bond donors (Lipinski definition) is 3. The summed E-state index contributed by atoms with van der Waals surface area (Å²) in [6, 6.07) is 8.49. The highest BCUT2D eigenvalue weighted by atomic mass is 32.2. The lowest BCUT2D eigenvalue weighted by Gasteiger charge is -2.28. The van der Waals surface area contributed by atoms with Crippen LogP contribution >= 0.6 is 11.8 Å². The Morgan fingerprint density at radius 3 is 2.76 bits per heavy atom. The summed E-state index contributed by atoms with van der Waals surface area (Å²) in [6.07, 6.45) is 0.428. The van der Waals surface area contributed by atoms with Crippen LogP contribution in [0.4, 0.5) is 29.1 Å². The van der Waals surface area contributed by atoms with Crippen LogP contribution in [0.2, 0.25) is 0 Å². The van der Waals surface area contributed by atoms with Crippen molar-refractivity contribution in [2.45, 2.75) is 33.9 Å². The van der Waals surface area contributed by atoms with Crippen LogP contribution in [0.5, 0.6) is 5.75 Å². The standard InChI is InChI=1S/C24H25F4N5O3S2/c1-36-21-13-15(38(2,34)35)8-9-18(21)30-11-4-5-19-23(37-24(26,27)28)20-6-3-7-22(33(20)32-19)31-17-10-12-29-14-16(17)25/h3,6-9,13,16-17,29-31H,10-12,14H2,1-2H3/t16-,17+/m0/s1. The molecule has 14 heteroatoms. The summed E-state index contributed by atoms with van der Waals surface area (Å²) in [7, 11) is -2.05. The molecule has 1 aliphatic heterocycles. The van der Waals surface area contributed by atoms with Crippen molar-refractivity contribution in [1.82, 2.24) is 14.9 Å². The molecule has 0 radical (unpaired) electrons. The molecule has 1 saturated heterocycles. The van der Waals surface area contributed by atoms with Crippen LogP contribution in [0.15, 0.2) is 46.2 Å². The second kappa shape index (κ2) is 11.3. The molecular weight excluding hydrogens is 546 g/mol. The number of ether oxygens (including phenoxy) is 1. The molecule has 3 heterocycles. The minimum absolute atomic E-state index is 0.0162. The molecule has 0 amide bonds. The van der Waals surface area contributed by atoms with Gasteiger partial charge in [0.1, 0.15) is 23.4 Å². The van der Waals surface area contributed by atoms with Crippen LogP contribution in [0.3, 0.4) is 0 Å². The Morgan fingerprint density at radius 2 is 2.08 bits per heavy atom. The number of alkyl halides is 4. The van der Waals surface area contributed by atoms with E-state index in [0.29, 0.717) is 24.5 Å². The average molecular weight is 572 g/mol. The van der Waals surface area contributed by atoms with Crippen LogP contribution in [0, 0.1) is 11.8 Å². The number of fused-ring (bicyclic) bond motifs is 1. The minimum Gasteiger partial charge on any atom is -0.495 e. The van der Waals surface area contributed by atoms with Crippen LogP contribution in [0.1, 0.15) is 12.1 Å². The minimum atomic E-state index is -4.57. The Bertz CT molecular complexity index is 1480. The summed E-state index contributed by atoms with van der Waals surface area (Å²) >= 11 is -0.312. The van der Waals surface area contributed by atoms with E-state index in [0.717, 1.165) is 6.26 Å². The van der Waals surface area contributed by atoms with Gasteiger partial charge < -0.3 is 20.7 Å². The van der Waals surface area contributed by atoms with Gasteiger partial charge in [-0.15, -0.1) is 0 Å². The van der Waals surface area contributed by atoms with Gasteiger partial charge in [0.05, 0.1) is 40.7 Å². The topological polar surface area (TPSA) is 96.8 Å². The molecule has 204 valence electrons. The number of pyridine rings is 1. The fourth-order valence-electron chi connectivity index (χ4n) is 3.94. The number of nitrogens with zero attached hydrogens (tertiary/aromatic N) is 2. The van der Waals surface area contributed by atoms with Crippen LogP contribution < -0.4 is 20.7 Å². The summed E-state index contributed by atoms with van der Waals surface area (Å²) < 4.78 is 84.6. The number of rotatable bonds is 7. The first-order valence-corrected chi connectivity index (χ1v) is 14.2. The van der Waals surface area contributed by atoms with E-state index in [9.17, 15) is 26.0 Å². The van der Waals surface area contributed by atoms with E-state index in [1.165, 1.54) is 35.9 Å². The van der Waals surface area contributed by atoms with Crippen molar-refractivity contribution in [1.29, 1.82) is 0 Å². The zero-order valence-corrected chi connectivity index (χ0v) is 22.0. The molecule has 1 aromatic carbocycles. The van der Waals surface area contributed by atoms with Gasteiger partial charge in [-0.1, -0.05) is 12.0 Å². The molecule has 8 nitrogen and oxygen atoms in total. The molecule has 3 aromatic rings. The van der Waals surface area contributed by atoms with E-state index in [1.54, 1.807) is 12.1 Å². The van der Waals surface area contributed by atoms with Gasteiger partial charge in [-0.25, -0.2) is 17.3 Å². The highest BCUT2D eigenvalue weighted by molar-refractivity contribution is 8.00. The lowest BCUT2D eigenvalue weighted by molar-refractivity contribution is -0.0327. The van der Waals surface area contributed by atoms with Crippen LogP contribution in [-0.2, 0) is 9.84 Å². The van der Waals surface area contributed by atoms with E-state index in [-0.39, 0.29) is 51.6 Å². The molecule has 4 rings (SSSR count). The van der Waals surface area contributed by atoms with Crippen molar-refractivity contribution < 1.29 is 30.7 Å². The smallest absolute Gasteiger partial charge is 0.446 e. The largest absolute Gasteiger partial charge is 0.495 e. The zero-order chi connectivity index (χ0) is 27.5. The summed E-state index contributed by atoms with van der Waals surface area (Å²) in [5.41, 5.74) is -4.00. The molecule has 2 atom stereocenters. The number of halogens is 4. The maximum Gasteiger partial charge on any atom is 0.446 e. The molecule has 0 unspecified atom stereocenters. The molecule has 0 saturated carbocycles. The van der Waals surface area contributed by atoms with Gasteiger partial charge in [-0.2, -0.15) is 18.3 Å². The zero-order valence-electron chi connectivity index (χ0n) is 20.4. The molecule has 3 N–H and O–H groups in total. The highest BCUT2D eigenvalue weighted by Gasteiger charge is 2.33. The van der Waals surface area contributed by atoms with Crippen molar-refractivity contribution in [3.05, 3.63) is 42.1 Å². The Labute approximate surface area is 221 Å². The molecule has 0 bridgehead atoms. The first kappa shape index (κ1) is 27.9. The number of anilines is 2. The number of thioether (sulfide) groups is 1. The van der Waals surface area contributed by atoms with Crippen molar-refractivity contribution in [3.63, 3.8) is 0 Å². The number of piperidine rings is 1. The first-order chi connectivity index (χ1) is 18.0. The third-order valence-corrected chi connectivity index (χ3v) is 7.69. The van der Waals surface area contributed by atoms with Gasteiger partial charge in [-0.3, -0.25) is 0 Å². The van der Waals surface area contributed by atoms with E-state index >= 15 is 0 Å². The highest BCUT2D eigenvalue weighted by Crippen LogP contribution is 2.41. The number of hydrogen-bond acceptors (Lipinski definition) is 8. The van der Waals surface area contributed by atoms with E-state index in [4.69, 9.17) is 4.74 Å². The van der Waals surface area contributed by atoms with Crippen molar-refractivity contribution in [2.24, 2.45) is 0 Å². The molecule has 0 aliphatic carbocycles. The predicted molar refractivity (Wildman–Crippen MR) is 138 cm³/mol. The maximum absolute atomic E-state index is 14.3. The third kappa shape index (κ3) is 6.64. The predicted octanol–water partition coefficient (Wildman–Crippen LogP) is 3.93. The average Bonchev–Trinajstić information content (AvgIpc) is 3.19. The number of methoxy groups -OCH3 is 1. The number of nitrogens with one attached hydrogen (secondary N) is 3. The van der Waals surface area contributed by atoms with Gasteiger partial charge in [0.25, 0.3) is 0 Å². The summed E-state index contributed by atoms with van der Waals surface area (Å²) in [5, 5.41) is 13.3. The molecule has 2 aromatic heterocycles. The number of sulfone groups is 1. The molecule has 0 spiro atoms. The summed E-state index contributed by atoms with van der Waals surface area (Å²) in [6.45, 7) is 0.823. The second-order valence-corrected chi connectivity index (χ2v) is 11.6. The van der Waals surface area contributed by atoms with Gasteiger partial charge >= 0.3 is 5.51 Å². The number of aromatic nitrogens is 2. The van der Waals surface area contributed by atoms with Gasteiger partial charge in [-0.05, 0) is 54.9 Å². The fraction of sp³-hybridized carbons (Fsp3) is 0.375. The van der Waals surface area contributed by atoms with Crippen molar-refractivity contribution in [2.75, 3.05) is 43.6 Å². The van der Waals surface area contributed by atoms with Crippen molar-refractivity contribution >= 4 is 38.6 Å². The Balaban J connectivity index is 1.61. The third-order valence-electron chi connectivity index (χ3n) is 5.75. The van der Waals surface area contributed by atoms with Gasteiger partial charge in [0.15, 0.2) is 9.84 Å². The Morgan fingerprint density at radius 1 is 1.29 bits per heavy atom. The van der Waals surface area contributed by atoms with E-state index < -0.39 is 27.6 Å². The Kier molecular flexibility index (Phi) is 8.29. The van der Waals surface area contributed by atoms with Gasteiger partial charge in [0, 0.05) is 18.9 Å². The lowest BCUT2D eigenvalue weighted by atomic mass is 10.1. The SMILES string of the molecule is COc1cc(S(C)(=O)=O)ccc1NCC#Cc1nn2c(N[C@@H]3CCNC[C@@H]3F)cccc2c1SC(F)(F)F. The van der Waals surface area contributed by atoms with Crippen LogP contribution in [0.25, 0.3) is 5.52 Å². The molecule has 1 fully saturated rings. The fourth-order valence-corrected chi connectivity index (χ4v) is 5.26. The van der Waals surface area contributed by atoms with Gasteiger partial charge in [0.2, 0.25) is 0 Å². The quantitative estimate of drug-likeness (QED) is 0.223. The molecule has 38 heavy (non-hydrogen) atoms. The maximum atomic E-state index is 14.3. The monoisotopic (exact) mass is 571 g/mol. The second-order valence-electron chi connectivity index (χ2n) is 8.48. The summed E-state index contributed by atoms with van der Waals surface area (Å²) in [4.78, 5) is -0.0802. The molecule has 1 aliphatic rings. The summed E-state index contributed by atoms with van der Waals surface area (Å²) in [5.74, 6) is 6.09.